The molecule has 2 heterocycles. The van der Waals surface area contributed by atoms with Crippen LogP contribution >= 0.6 is 22.9 Å². The number of nitrogens with two attached hydrogens (primary N) is 2. The molecule has 6 heteroatoms. The normalized spacial score (nSPS) is 14.9. The van der Waals surface area contributed by atoms with E-state index in [0.29, 0.717) is 10.6 Å². The number of nitrogen functional groups attached to an aromatic ring is 1. The highest BCUT2D eigenvalue weighted by molar-refractivity contribution is 7.16. The van der Waals surface area contributed by atoms with E-state index in [4.69, 9.17) is 23.1 Å². The number of halogens is 1. The molecular formula is C15H16ClN3OS. The van der Waals surface area contributed by atoms with Crippen LogP contribution in [0.5, 0.6) is 0 Å². The molecule has 0 spiro atoms. The zero-order chi connectivity index (χ0) is 15.0. The molecule has 0 fully saturated rings. The quantitative estimate of drug-likeness (QED) is 0.912. The summed E-state index contributed by atoms with van der Waals surface area (Å²) in [6, 6.07) is 7.88. The molecule has 21 heavy (non-hydrogen) atoms. The summed E-state index contributed by atoms with van der Waals surface area (Å²) >= 11 is 7.38. The van der Waals surface area contributed by atoms with Gasteiger partial charge in [0, 0.05) is 29.5 Å². The van der Waals surface area contributed by atoms with Gasteiger partial charge in [-0.1, -0.05) is 23.7 Å². The Morgan fingerprint density at radius 3 is 2.71 bits per heavy atom. The van der Waals surface area contributed by atoms with E-state index in [1.54, 1.807) is 0 Å². The van der Waals surface area contributed by atoms with Crippen LogP contribution in [-0.2, 0) is 19.5 Å². The summed E-state index contributed by atoms with van der Waals surface area (Å²) in [6.45, 7) is 2.56. The SMILES string of the molecule is NC(=O)c1c(N)sc2c1CCN(Cc1ccc(Cl)cc1)C2. The summed E-state index contributed by atoms with van der Waals surface area (Å²) < 4.78 is 0. The zero-order valence-corrected chi connectivity index (χ0v) is 13.0. The fourth-order valence-corrected chi connectivity index (χ4v) is 4.02. The number of anilines is 1. The van der Waals surface area contributed by atoms with E-state index < -0.39 is 5.91 Å². The van der Waals surface area contributed by atoms with Crippen LogP contribution in [0.1, 0.15) is 26.4 Å². The molecule has 0 atom stereocenters. The average molecular weight is 322 g/mol. The molecule has 0 saturated carbocycles. The third-order valence-electron chi connectivity index (χ3n) is 3.73. The zero-order valence-electron chi connectivity index (χ0n) is 11.4. The fraction of sp³-hybridized carbons (Fsp3) is 0.267. The predicted octanol–water partition coefficient (Wildman–Crippen LogP) is 2.64. The summed E-state index contributed by atoms with van der Waals surface area (Å²) in [7, 11) is 0. The van der Waals surface area contributed by atoms with Crippen LogP contribution in [0.4, 0.5) is 5.00 Å². The summed E-state index contributed by atoms with van der Waals surface area (Å²) in [6.07, 6.45) is 0.814. The number of amides is 1. The number of fused-ring (bicyclic) bond motifs is 1. The van der Waals surface area contributed by atoms with Crippen molar-refractivity contribution in [3.05, 3.63) is 50.9 Å². The first-order valence-electron chi connectivity index (χ1n) is 6.71. The van der Waals surface area contributed by atoms with Crippen LogP contribution < -0.4 is 11.5 Å². The molecule has 1 aromatic carbocycles. The molecule has 1 aliphatic rings. The van der Waals surface area contributed by atoms with E-state index in [2.05, 4.69) is 4.90 Å². The number of primary amides is 1. The Morgan fingerprint density at radius 1 is 1.33 bits per heavy atom. The lowest BCUT2D eigenvalue weighted by molar-refractivity contribution is 0.1000. The molecule has 4 nitrogen and oxygen atoms in total. The van der Waals surface area contributed by atoms with Crippen molar-refractivity contribution >= 4 is 33.8 Å². The monoisotopic (exact) mass is 321 g/mol. The van der Waals surface area contributed by atoms with Crippen LogP contribution in [0.2, 0.25) is 5.02 Å². The molecule has 2 aromatic rings. The van der Waals surface area contributed by atoms with Crippen LogP contribution in [0, 0.1) is 0 Å². The first-order chi connectivity index (χ1) is 10.0. The number of hydrogen-bond donors (Lipinski definition) is 2. The van der Waals surface area contributed by atoms with Gasteiger partial charge >= 0.3 is 0 Å². The summed E-state index contributed by atoms with van der Waals surface area (Å²) in [5.41, 5.74) is 14.1. The van der Waals surface area contributed by atoms with Gasteiger partial charge in [-0.25, -0.2) is 0 Å². The van der Waals surface area contributed by atoms with Gasteiger partial charge in [-0.15, -0.1) is 11.3 Å². The van der Waals surface area contributed by atoms with Gasteiger partial charge in [-0.3, -0.25) is 9.69 Å². The Kier molecular flexibility index (Phi) is 3.89. The maximum atomic E-state index is 11.5. The van der Waals surface area contributed by atoms with E-state index >= 15 is 0 Å². The second-order valence-corrected chi connectivity index (χ2v) is 6.77. The molecule has 1 aromatic heterocycles. The van der Waals surface area contributed by atoms with Gasteiger partial charge in [0.15, 0.2) is 0 Å². The predicted molar refractivity (Wildman–Crippen MR) is 86.5 cm³/mol. The Bertz CT molecular complexity index is 681. The Morgan fingerprint density at radius 2 is 2.05 bits per heavy atom. The number of benzene rings is 1. The minimum absolute atomic E-state index is 0.420. The molecular weight excluding hydrogens is 306 g/mol. The minimum Gasteiger partial charge on any atom is -0.390 e. The van der Waals surface area contributed by atoms with Crippen molar-refractivity contribution in [1.82, 2.24) is 4.90 Å². The molecule has 110 valence electrons. The smallest absolute Gasteiger partial charge is 0.251 e. The largest absolute Gasteiger partial charge is 0.390 e. The Labute approximate surface area is 132 Å². The fourth-order valence-electron chi connectivity index (χ4n) is 2.73. The van der Waals surface area contributed by atoms with Crippen LogP contribution in [-0.4, -0.2) is 17.4 Å². The van der Waals surface area contributed by atoms with Gasteiger partial charge in [-0.05, 0) is 29.7 Å². The molecule has 0 bridgehead atoms. The van der Waals surface area contributed by atoms with Crippen molar-refractivity contribution in [2.75, 3.05) is 12.3 Å². The van der Waals surface area contributed by atoms with Crippen LogP contribution in [0.15, 0.2) is 24.3 Å². The highest BCUT2D eigenvalue weighted by Crippen LogP contribution is 2.35. The number of carbonyl (C=O) groups is 1. The minimum atomic E-state index is -0.420. The highest BCUT2D eigenvalue weighted by Gasteiger charge is 2.25. The summed E-state index contributed by atoms with van der Waals surface area (Å²) in [5.74, 6) is -0.420. The van der Waals surface area contributed by atoms with Crippen molar-refractivity contribution in [2.45, 2.75) is 19.5 Å². The number of hydrogen-bond acceptors (Lipinski definition) is 4. The number of nitrogens with zero attached hydrogens (tertiary/aromatic N) is 1. The van der Waals surface area contributed by atoms with Gasteiger partial charge < -0.3 is 11.5 Å². The van der Waals surface area contributed by atoms with Crippen molar-refractivity contribution in [2.24, 2.45) is 5.73 Å². The van der Waals surface area contributed by atoms with E-state index in [9.17, 15) is 4.79 Å². The van der Waals surface area contributed by atoms with Gasteiger partial charge in [0.2, 0.25) is 0 Å². The lowest BCUT2D eigenvalue weighted by atomic mass is 10.0. The van der Waals surface area contributed by atoms with Gasteiger partial charge in [0.05, 0.1) is 10.6 Å². The van der Waals surface area contributed by atoms with Gasteiger partial charge in [0.25, 0.3) is 5.91 Å². The molecule has 1 aliphatic heterocycles. The van der Waals surface area contributed by atoms with Crippen molar-refractivity contribution < 1.29 is 4.79 Å². The lowest BCUT2D eigenvalue weighted by Gasteiger charge is -2.27. The van der Waals surface area contributed by atoms with Crippen molar-refractivity contribution in [1.29, 1.82) is 0 Å². The Balaban J connectivity index is 1.77. The molecule has 3 rings (SSSR count). The summed E-state index contributed by atoms with van der Waals surface area (Å²) in [4.78, 5) is 15.0. The summed E-state index contributed by atoms with van der Waals surface area (Å²) in [5, 5.41) is 1.29. The number of rotatable bonds is 3. The molecule has 1 amide bonds. The maximum absolute atomic E-state index is 11.5. The van der Waals surface area contributed by atoms with Crippen LogP contribution in [0.3, 0.4) is 0 Å². The van der Waals surface area contributed by atoms with Crippen molar-refractivity contribution in [3.8, 4) is 0 Å². The van der Waals surface area contributed by atoms with E-state index in [1.807, 2.05) is 24.3 Å². The highest BCUT2D eigenvalue weighted by atomic mass is 35.5. The third kappa shape index (κ3) is 2.90. The first kappa shape index (κ1) is 14.4. The molecule has 0 radical (unpaired) electrons. The number of carbonyl (C=O) groups excluding carboxylic acids is 1. The molecule has 4 N–H and O–H groups in total. The average Bonchev–Trinajstić information content (AvgIpc) is 2.76. The van der Waals surface area contributed by atoms with Crippen LogP contribution in [0.25, 0.3) is 0 Å². The van der Waals surface area contributed by atoms with Crippen molar-refractivity contribution in [3.63, 3.8) is 0 Å². The van der Waals surface area contributed by atoms with Gasteiger partial charge in [0.1, 0.15) is 0 Å². The van der Waals surface area contributed by atoms with E-state index in [1.165, 1.54) is 16.9 Å². The van der Waals surface area contributed by atoms with Gasteiger partial charge in [-0.2, -0.15) is 0 Å². The lowest BCUT2D eigenvalue weighted by Crippen LogP contribution is -2.30. The second-order valence-electron chi connectivity index (χ2n) is 5.19. The molecule has 0 saturated heterocycles. The third-order valence-corrected chi connectivity index (χ3v) is 5.03. The second kappa shape index (κ2) is 5.67. The molecule has 0 aliphatic carbocycles. The Hall–Kier alpha value is -1.56. The first-order valence-corrected chi connectivity index (χ1v) is 7.90. The van der Waals surface area contributed by atoms with E-state index in [-0.39, 0.29) is 0 Å². The topological polar surface area (TPSA) is 72.3 Å². The molecule has 0 unspecified atom stereocenters. The maximum Gasteiger partial charge on any atom is 0.251 e. The number of thiophene rings is 1. The standard InChI is InChI=1S/C15H16ClN3OS/c16-10-3-1-9(2-4-10)7-19-6-5-11-12(8-19)21-15(18)13(11)14(17)20/h1-4H,5-8,18H2,(H2,17,20). The van der Waals surface area contributed by atoms with E-state index in [0.717, 1.165) is 41.5 Å².